The first kappa shape index (κ1) is 16.6. The molecule has 0 saturated carbocycles. The van der Waals surface area contributed by atoms with E-state index in [0.717, 1.165) is 14.9 Å². The molecule has 0 radical (unpaired) electrons. The Kier molecular flexibility index (Phi) is 5.70. The third-order valence-electron chi connectivity index (χ3n) is 2.65. The minimum absolute atomic E-state index is 0. The molecule has 0 aliphatic carbocycles. The molecule has 1 aromatic carbocycles. The lowest BCUT2D eigenvalue weighted by Gasteiger charge is -2.11. The molecule has 0 aliphatic rings. The molecule has 0 spiro atoms. The van der Waals surface area contributed by atoms with Gasteiger partial charge in [-0.05, 0) is 57.2 Å². The molecule has 108 valence electrons. The van der Waals surface area contributed by atoms with Crippen molar-refractivity contribution in [3.05, 3.63) is 27.7 Å². The predicted molar refractivity (Wildman–Crippen MR) is 84.1 cm³/mol. The molecule has 1 heterocycles. The van der Waals surface area contributed by atoms with Crippen molar-refractivity contribution in [1.82, 2.24) is 20.2 Å². The van der Waals surface area contributed by atoms with Crippen molar-refractivity contribution in [2.24, 2.45) is 7.05 Å². The summed E-state index contributed by atoms with van der Waals surface area (Å²) in [4.78, 5) is 13.3. The van der Waals surface area contributed by atoms with Gasteiger partial charge in [-0.25, -0.2) is 4.68 Å². The van der Waals surface area contributed by atoms with Gasteiger partial charge in [0.15, 0.2) is 0 Å². The van der Waals surface area contributed by atoms with Crippen LogP contribution in [0.3, 0.4) is 0 Å². The first-order chi connectivity index (χ1) is 9.04. The van der Waals surface area contributed by atoms with Gasteiger partial charge in [-0.2, -0.15) is 0 Å². The van der Waals surface area contributed by atoms with Crippen LogP contribution in [0.2, 0.25) is 0 Å². The van der Waals surface area contributed by atoms with Gasteiger partial charge in [0.25, 0.3) is 5.91 Å². The maximum absolute atomic E-state index is 12.2. The van der Waals surface area contributed by atoms with Crippen LogP contribution >= 0.6 is 27.7 Å². The minimum Gasteiger partial charge on any atom is -0.289 e. The fraction of sp³-hybridized carbons (Fsp3) is 0.333. The number of aryl methyl sites for hydroxylation is 1. The normalized spacial score (nSPS) is 10.0. The van der Waals surface area contributed by atoms with Gasteiger partial charge in [0.1, 0.15) is 0 Å². The summed E-state index contributed by atoms with van der Waals surface area (Å²) in [5.41, 5.74) is 1.53. The van der Waals surface area contributed by atoms with E-state index in [1.54, 1.807) is 24.9 Å². The predicted octanol–water partition coefficient (Wildman–Crippen LogP) is 2.89. The number of anilines is 1. The molecular formula is C12H16BrN5OS. The Bertz CT molecular complexity index is 628. The lowest BCUT2D eigenvalue weighted by molar-refractivity contribution is 0.102. The van der Waals surface area contributed by atoms with Gasteiger partial charge >= 0.3 is 0 Å². The summed E-state index contributed by atoms with van der Waals surface area (Å²) >= 11 is 5.07. The molecule has 20 heavy (non-hydrogen) atoms. The number of halogens is 1. The summed E-state index contributed by atoms with van der Waals surface area (Å²) in [6, 6.07) is 3.64. The largest absolute Gasteiger partial charge is 0.289 e. The van der Waals surface area contributed by atoms with Crippen LogP contribution in [0, 0.1) is 6.92 Å². The Morgan fingerprint density at radius 1 is 1.45 bits per heavy atom. The Morgan fingerprint density at radius 2 is 2.15 bits per heavy atom. The Balaban J connectivity index is 0.00000200. The summed E-state index contributed by atoms with van der Waals surface area (Å²) in [6.07, 6.45) is 1.97. The molecule has 0 bridgehead atoms. The quantitative estimate of drug-likeness (QED) is 0.855. The highest BCUT2D eigenvalue weighted by molar-refractivity contribution is 9.10. The highest BCUT2D eigenvalue weighted by Crippen LogP contribution is 2.31. The van der Waals surface area contributed by atoms with Crippen LogP contribution in [0.15, 0.2) is 21.5 Å². The molecule has 6 nitrogen and oxygen atoms in total. The van der Waals surface area contributed by atoms with E-state index < -0.39 is 0 Å². The van der Waals surface area contributed by atoms with Crippen molar-refractivity contribution >= 4 is 39.5 Å². The molecule has 0 aliphatic heterocycles. The van der Waals surface area contributed by atoms with Crippen molar-refractivity contribution < 1.29 is 4.79 Å². The average molecular weight is 358 g/mol. The fourth-order valence-electron chi connectivity index (χ4n) is 1.66. The minimum atomic E-state index is -0.224. The molecular weight excluding hydrogens is 342 g/mol. The lowest BCUT2D eigenvalue weighted by Crippen LogP contribution is -2.16. The zero-order chi connectivity index (χ0) is 14.0. The number of thioether (sulfide) groups is 1. The third-order valence-corrected chi connectivity index (χ3v) is 4.51. The topological polar surface area (TPSA) is 72.7 Å². The molecule has 1 amide bonds. The van der Waals surface area contributed by atoms with Crippen LogP contribution in [0.1, 0.15) is 23.3 Å². The molecule has 0 fully saturated rings. The average Bonchev–Trinajstić information content (AvgIpc) is 2.75. The number of rotatable bonds is 3. The zero-order valence-corrected chi connectivity index (χ0v) is 13.0. The van der Waals surface area contributed by atoms with Gasteiger partial charge in [-0.1, -0.05) is 12.5 Å². The highest BCUT2D eigenvalue weighted by atomic mass is 79.9. The summed E-state index contributed by atoms with van der Waals surface area (Å²) < 4.78 is 2.39. The molecule has 2 aromatic rings. The number of hydrogen-bond acceptors (Lipinski definition) is 5. The molecule has 1 N–H and O–H groups in total. The van der Waals surface area contributed by atoms with E-state index in [2.05, 4.69) is 36.8 Å². The summed E-state index contributed by atoms with van der Waals surface area (Å²) in [6.45, 7) is 1.92. The SMILES string of the molecule is C.CSc1c(Br)ccc(C(=O)Nc2nnnn2C)c1C. The van der Waals surface area contributed by atoms with E-state index in [1.165, 1.54) is 4.68 Å². The molecule has 1 aromatic heterocycles. The number of carbonyl (C=O) groups excluding carboxylic acids is 1. The maximum atomic E-state index is 12.2. The number of nitrogens with one attached hydrogen (secondary N) is 1. The number of benzene rings is 1. The van der Waals surface area contributed by atoms with E-state index in [4.69, 9.17) is 0 Å². The number of amides is 1. The van der Waals surface area contributed by atoms with Gasteiger partial charge in [0.05, 0.1) is 0 Å². The summed E-state index contributed by atoms with van der Waals surface area (Å²) in [5.74, 6) is 0.0937. The molecule has 0 atom stereocenters. The smallest absolute Gasteiger partial charge is 0.258 e. The van der Waals surface area contributed by atoms with Gasteiger partial charge in [-0.15, -0.1) is 11.8 Å². The van der Waals surface area contributed by atoms with E-state index in [1.807, 2.05) is 19.2 Å². The maximum Gasteiger partial charge on any atom is 0.258 e. The number of carbonyl (C=O) groups is 1. The third kappa shape index (κ3) is 3.18. The summed E-state index contributed by atoms with van der Waals surface area (Å²) in [7, 11) is 1.66. The highest BCUT2D eigenvalue weighted by Gasteiger charge is 2.15. The molecule has 0 unspecified atom stereocenters. The number of tetrazole rings is 1. The van der Waals surface area contributed by atoms with Crippen LogP contribution in [-0.4, -0.2) is 32.4 Å². The van der Waals surface area contributed by atoms with Crippen LogP contribution < -0.4 is 5.32 Å². The summed E-state index contributed by atoms with van der Waals surface area (Å²) in [5, 5.41) is 13.5. The number of nitrogens with zero attached hydrogens (tertiary/aromatic N) is 4. The fourth-order valence-corrected chi connectivity index (χ4v) is 3.25. The van der Waals surface area contributed by atoms with Crippen molar-refractivity contribution in [1.29, 1.82) is 0 Å². The van der Waals surface area contributed by atoms with E-state index in [-0.39, 0.29) is 13.3 Å². The Morgan fingerprint density at radius 3 is 2.70 bits per heavy atom. The van der Waals surface area contributed by atoms with Crippen molar-refractivity contribution in [3.8, 4) is 0 Å². The van der Waals surface area contributed by atoms with Crippen LogP contribution in [-0.2, 0) is 7.05 Å². The Hall–Kier alpha value is -1.41. The van der Waals surface area contributed by atoms with Gasteiger partial charge in [0.2, 0.25) is 5.95 Å². The van der Waals surface area contributed by atoms with Crippen LogP contribution in [0.25, 0.3) is 0 Å². The van der Waals surface area contributed by atoms with Crippen molar-refractivity contribution in [2.75, 3.05) is 11.6 Å². The van der Waals surface area contributed by atoms with Crippen LogP contribution in [0.5, 0.6) is 0 Å². The second-order valence-corrected chi connectivity index (χ2v) is 5.50. The van der Waals surface area contributed by atoms with Crippen LogP contribution in [0.4, 0.5) is 5.95 Å². The van der Waals surface area contributed by atoms with Gasteiger partial charge in [-0.3, -0.25) is 10.1 Å². The first-order valence-corrected chi connectivity index (χ1v) is 7.43. The van der Waals surface area contributed by atoms with E-state index in [0.29, 0.717) is 11.5 Å². The standard InChI is InChI=1S/C11H12BrN5OS.CH4/c1-6-7(4-5-8(12)9(6)19-3)10(18)13-11-14-15-16-17(11)2;/h4-5H,1-3H3,(H,13,14,16,18);1H4. The second-order valence-electron chi connectivity index (χ2n) is 3.83. The number of hydrogen-bond donors (Lipinski definition) is 1. The molecule has 8 heteroatoms. The first-order valence-electron chi connectivity index (χ1n) is 5.41. The van der Waals surface area contributed by atoms with Crippen molar-refractivity contribution in [2.45, 2.75) is 19.2 Å². The lowest BCUT2D eigenvalue weighted by atomic mass is 10.1. The van der Waals surface area contributed by atoms with Gasteiger partial charge in [0, 0.05) is 22.0 Å². The molecule has 0 saturated heterocycles. The zero-order valence-electron chi connectivity index (χ0n) is 10.6. The van der Waals surface area contributed by atoms with Gasteiger partial charge < -0.3 is 0 Å². The van der Waals surface area contributed by atoms with E-state index in [9.17, 15) is 4.79 Å². The monoisotopic (exact) mass is 357 g/mol. The Labute approximate surface area is 130 Å². The second kappa shape index (κ2) is 6.85. The molecule has 2 rings (SSSR count). The van der Waals surface area contributed by atoms with Crippen molar-refractivity contribution in [3.63, 3.8) is 0 Å². The van der Waals surface area contributed by atoms with E-state index >= 15 is 0 Å². The number of aromatic nitrogens is 4.